The fourth-order valence-corrected chi connectivity index (χ4v) is 8.14. The number of ether oxygens (including phenoxy) is 2. The third-order valence-electron chi connectivity index (χ3n) is 10.3. The van der Waals surface area contributed by atoms with Crippen molar-refractivity contribution in [2.24, 2.45) is 29.1 Å². The average molecular weight is 647 g/mol. The third-order valence-corrected chi connectivity index (χ3v) is 10.3. The van der Waals surface area contributed by atoms with Gasteiger partial charge in [0.1, 0.15) is 37.6 Å². The summed E-state index contributed by atoms with van der Waals surface area (Å²) in [5.41, 5.74) is -2.52. The molecule has 4 heterocycles. The summed E-state index contributed by atoms with van der Waals surface area (Å²) in [6, 6.07) is 1.80. The molecule has 2 N–H and O–H groups in total. The molecule has 3 aliphatic heterocycles. The zero-order valence-electron chi connectivity index (χ0n) is 25.8. The smallest absolute Gasteiger partial charge is 0.408 e. The SMILES string of the molecule is CC(C)(C)C(NC(=O)OC(CF)CF)C(=O)N1CC2C3CC(F)C(C3)C2C1C(=O)N1CC2(CC1C#N)Oc1cccnc1NC2=O. The van der Waals surface area contributed by atoms with Gasteiger partial charge in [-0.05, 0) is 54.1 Å². The monoisotopic (exact) mass is 646 g/mol. The molecular formula is C31H37F3N6O6. The standard InChI is InChI=1S/C31H37F3N6O6/c1-30(2,3)24(37-29(44)45-17(10-32)11-33)27(42)39-13-19-15-7-18(20(34)8-15)22(19)23(39)26(41)40-14-31(9-16(40)12-35)28(43)38-25-21(46-31)5-4-6-36-25/h4-6,15-20,22-24H,7-11,13-14H2,1-3H3,(H,37,44)(H,36,38,43). The van der Waals surface area contributed by atoms with Crippen LogP contribution in [0.1, 0.15) is 40.0 Å². The number of nitriles is 1. The first-order valence-corrected chi connectivity index (χ1v) is 15.5. The first kappa shape index (κ1) is 31.9. The molecule has 1 spiro atoms. The number of fused-ring (bicyclic) bond motifs is 6. The van der Waals surface area contributed by atoms with Crippen molar-refractivity contribution in [1.29, 1.82) is 5.26 Å². The molecule has 248 valence electrons. The molecule has 4 fully saturated rings. The Bertz CT molecular complexity index is 1460. The van der Waals surface area contributed by atoms with Gasteiger partial charge in [-0.3, -0.25) is 14.4 Å². The average Bonchev–Trinajstić information content (AvgIpc) is 3.77. The van der Waals surface area contributed by atoms with Crippen molar-refractivity contribution in [2.45, 2.75) is 76.0 Å². The van der Waals surface area contributed by atoms with Crippen molar-refractivity contribution >= 4 is 29.6 Å². The molecule has 2 aliphatic carbocycles. The molecule has 9 unspecified atom stereocenters. The summed E-state index contributed by atoms with van der Waals surface area (Å²) in [6.45, 7) is 2.36. The molecule has 15 heteroatoms. The van der Waals surface area contributed by atoms with Gasteiger partial charge in [0.15, 0.2) is 17.7 Å². The van der Waals surface area contributed by atoms with Gasteiger partial charge in [0, 0.05) is 19.2 Å². The lowest BCUT2D eigenvalue weighted by Gasteiger charge is -2.38. The van der Waals surface area contributed by atoms with Crippen LogP contribution in [0.4, 0.5) is 23.8 Å². The summed E-state index contributed by atoms with van der Waals surface area (Å²) in [7, 11) is 0. The number of anilines is 1. The van der Waals surface area contributed by atoms with Gasteiger partial charge in [0.05, 0.1) is 12.6 Å². The summed E-state index contributed by atoms with van der Waals surface area (Å²) in [5.74, 6) is -2.57. The topological polar surface area (TPSA) is 154 Å². The maximum atomic E-state index is 15.2. The van der Waals surface area contributed by atoms with E-state index < -0.39 is 90.4 Å². The molecule has 4 amide bonds. The Balaban J connectivity index is 1.31. The number of likely N-dealkylation sites (tertiary alicyclic amines) is 2. The molecule has 9 atom stereocenters. The largest absolute Gasteiger partial charge is 0.472 e. The van der Waals surface area contributed by atoms with Crippen LogP contribution >= 0.6 is 0 Å². The number of hydrogen-bond donors (Lipinski definition) is 2. The number of rotatable bonds is 6. The van der Waals surface area contributed by atoms with Crippen molar-refractivity contribution in [3.8, 4) is 11.8 Å². The van der Waals surface area contributed by atoms with E-state index in [0.717, 1.165) is 0 Å². The van der Waals surface area contributed by atoms with Crippen LogP contribution in [0.15, 0.2) is 18.3 Å². The Morgan fingerprint density at radius 2 is 1.98 bits per heavy atom. The fraction of sp³-hybridized carbons (Fsp3) is 0.677. The van der Waals surface area contributed by atoms with Crippen LogP contribution in [0.2, 0.25) is 0 Å². The minimum absolute atomic E-state index is 0.0490. The number of nitrogens with zero attached hydrogens (tertiary/aromatic N) is 4. The molecule has 1 aromatic rings. The number of alkyl carbamates (subject to hydrolysis) is 1. The van der Waals surface area contributed by atoms with Crippen molar-refractivity contribution in [1.82, 2.24) is 20.1 Å². The normalized spacial score (nSPS) is 33.3. The summed E-state index contributed by atoms with van der Waals surface area (Å²) >= 11 is 0. The van der Waals surface area contributed by atoms with E-state index in [1.165, 1.54) is 16.0 Å². The molecule has 0 radical (unpaired) electrons. The Labute approximate surface area is 263 Å². The van der Waals surface area contributed by atoms with E-state index in [1.54, 1.807) is 32.9 Å². The van der Waals surface area contributed by atoms with Crippen molar-refractivity contribution in [2.75, 3.05) is 31.8 Å². The van der Waals surface area contributed by atoms with Crippen LogP contribution < -0.4 is 15.4 Å². The van der Waals surface area contributed by atoms with Crippen LogP contribution in [0.25, 0.3) is 0 Å². The first-order chi connectivity index (χ1) is 21.8. The van der Waals surface area contributed by atoms with Gasteiger partial charge in [0.2, 0.25) is 17.4 Å². The zero-order valence-corrected chi connectivity index (χ0v) is 25.8. The number of pyridine rings is 1. The highest BCUT2D eigenvalue weighted by Crippen LogP contribution is 2.59. The third kappa shape index (κ3) is 5.19. The Morgan fingerprint density at radius 1 is 1.24 bits per heavy atom. The maximum absolute atomic E-state index is 15.2. The number of hydrogen-bond acceptors (Lipinski definition) is 8. The van der Waals surface area contributed by atoms with E-state index in [4.69, 9.17) is 9.47 Å². The van der Waals surface area contributed by atoms with E-state index >= 15 is 4.39 Å². The second-order valence-electron chi connectivity index (χ2n) is 14.1. The van der Waals surface area contributed by atoms with Crippen LogP contribution in [-0.4, -0.2) is 101 Å². The van der Waals surface area contributed by atoms with E-state index in [-0.39, 0.29) is 42.9 Å². The van der Waals surface area contributed by atoms with Gasteiger partial charge >= 0.3 is 6.09 Å². The van der Waals surface area contributed by atoms with Gasteiger partial charge in [-0.2, -0.15) is 5.26 Å². The van der Waals surface area contributed by atoms with Crippen molar-refractivity contribution < 1.29 is 41.8 Å². The summed E-state index contributed by atoms with van der Waals surface area (Å²) in [4.78, 5) is 61.6. The second-order valence-corrected chi connectivity index (χ2v) is 14.1. The number of carbonyl (C=O) groups is 4. The summed E-state index contributed by atoms with van der Waals surface area (Å²) < 4.78 is 52.3. The molecule has 5 aliphatic rings. The summed E-state index contributed by atoms with van der Waals surface area (Å²) in [6.07, 6.45) is -1.74. The van der Waals surface area contributed by atoms with E-state index in [2.05, 4.69) is 21.7 Å². The molecule has 46 heavy (non-hydrogen) atoms. The Hall–Kier alpha value is -4.09. The minimum Gasteiger partial charge on any atom is -0.472 e. The quantitative estimate of drug-likeness (QED) is 0.478. The highest BCUT2D eigenvalue weighted by Gasteiger charge is 2.65. The lowest BCUT2D eigenvalue weighted by Crippen LogP contribution is -2.60. The van der Waals surface area contributed by atoms with Crippen LogP contribution in [0.5, 0.6) is 5.75 Å². The van der Waals surface area contributed by atoms with E-state index in [1.807, 2.05) is 0 Å². The number of halogens is 3. The Kier molecular flexibility index (Phi) is 8.05. The second kappa shape index (κ2) is 11.6. The first-order valence-electron chi connectivity index (χ1n) is 15.5. The molecular weight excluding hydrogens is 609 g/mol. The molecule has 2 bridgehead atoms. The number of alkyl halides is 3. The van der Waals surface area contributed by atoms with Crippen LogP contribution in [-0.2, 0) is 19.1 Å². The zero-order chi connectivity index (χ0) is 33.1. The Morgan fingerprint density at radius 3 is 2.65 bits per heavy atom. The van der Waals surface area contributed by atoms with E-state index in [0.29, 0.717) is 12.8 Å². The number of carbonyl (C=O) groups excluding carboxylic acids is 4. The molecule has 12 nitrogen and oxygen atoms in total. The van der Waals surface area contributed by atoms with Crippen molar-refractivity contribution in [3.63, 3.8) is 0 Å². The fourth-order valence-electron chi connectivity index (χ4n) is 8.14. The van der Waals surface area contributed by atoms with Crippen molar-refractivity contribution in [3.05, 3.63) is 18.3 Å². The molecule has 2 saturated heterocycles. The molecule has 1 aromatic heterocycles. The highest BCUT2D eigenvalue weighted by molar-refractivity contribution is 6.01. The van der Waals surface area contributed by atoms with Gasteiger partial charge < -0.3 is 29.9 Å². The van der Waals surface area contributed by atoms with Crippen LogP contribution in [0, 0.1) is 40.4 Å². The number of amides is 4. The molecule has 0 aromatic carbocycles. The van der Waals surface area contributed by atoms with E-state index in [9.17, 15) is 33.2 Å². The van der Waals surface area contributed by atoms with Gasteiger partial charge in [-0.25, -0.2) is 22.9 Å². The number of nitrogens with one attached hydrogen (secondary N) is 2. The molecule has 6 rings (SSSR count). The summed E-state index contributed by atoms with van der Waals surface area (Å²) in [5, 5.41) is 15.3. The predicted molar refractivity (Wildman–Crippen MR) is 154 cm³/mol. The predicted octanol–water partition coefficient (Wildman–Crippen LogP) is 2.55. The lowest BCUT2D eigenvalue weighted by atomic mass is 9.77. The van der Waals surface area contributed by atoms with Gasteiger partial charge in [0.25, 0.3) is 5.91 Å². The van der Waals surface area contributed by atoms with Gasteiger partial charge in [-0.15, -0.1) is 0 Å². The number of aromatic nitrogens is 1. The van der Waals surface area contributed by atoms with Crippen LogP contribution in [0.3, 0.4) is 0 Å². The minimum atomic E-state index is -1.64. The van der Waals surface area contributed by atoms with Gasteiger partial charge in [-0.1, -0.05) is 20.8 Å². The highest BCUT2D eigenvalue weighted by atomic mass is 19.1. The lowest BCUT2D eigenvalue weighted by molar-refractivity contribution is -0.149. The maximum Gasteiger partial charge on any atom is 0.408 e. The molecule has 2 saturated carbocycles.